The van der Waals surface area contributed by atoms with E-state index in [0.717, 1.165) is 70.6 Å². The summed E-state index contributed by atoms with van der Waals surface area (Å²) >= 11 is 0. The molecular weight excluding hydrogens is 659 g/mol. The quantitative estimate of drug-likeness (QED) is 0.0290. The summed E-state index contributed by atoms with van der Waals surface area (Å²) in [7, 11) is 1.22. The summed E-state index contributed by atoms with van der Waals surface area (Å²) in [6.45, 7) is 4.50. The molecule has 0 aromatic carbocycles. The Morgan fingerprint density at radius 3 is 1.76 bits per heavy atom. The van der Waals surface area contributed by atoms with Crippen LogP contribution in [0.25, 0.3) is 0 Å². The van der Waals surface area contributed by atoms with Crippen LogP contribution in [-0.2, 0) is 18.4 Å². The Labute approximate surface area is 313 Å². The second kappa shape index (κ2) is 34.0. The molecule has 0 radical (unpaired) electrons. The average Bonchev–Trinajstić information content (AvgIpc) is 3.07. The molecule has 0 aromatic heterocycles. The third kappa shape index (κ3) is 36.4. The lowest BCUT2D eigenvalue weighted by molar-refractivity contribution is -0.870. The van der Waals surface area contributed by atoms with Gasteiger partial charge in [0, 0.05) is 6.42 Å². The van der Waals surface area contributed by atoms with Gasteiger partial charge in [-0.3, -0.25) is 9.36 Å². The number of carbonyl (C=O) groups excluding carboxylic acids is 1. The number of amides is 1. The van der Waals surface area contributed by atoms with E-state index in [9.17, 15) is 19.4 Å². The van der Waals surface area contributed by atoms with Crippen molar-refractivity contribution in [3.63, 3.8) is 0 Å². The van der Waals surface area contributed by atoms with Crippen molar-refractivity contribution < 1.29 is 32.9 Å². The Hall–Kier alpha value is -1.80. The van der Waals surface area contributed by atoms with Crippen LogP contribution in [0.3, 0.4) is 0 Å². The molecule has 3 atom stereocenters. The van der Waals surface area contributed by atoms with Crippen LogP contribution in [0.2, 0.25) is 0 Å². The van der Waals surface area contributed by atoms with E-state index in [1.54, 1.807) is 6.08 Å². The van der Waals surface area contributed by atoms with Gasteiger partial charge in [0.2, 0.25) is 5.91 Å². The number of aliphatic hydroxyl groups is 1. The predicted molar refractivity (Wildman–Crippen MR) is 214 cm³/mol. The van der Waals surface area contributed by atoms with Crippen LogP contribution >= 0.6 is 7.82 Å². The van der Waals surface area contributed by atoms with Crippen LogP contribution in [0, 0.1) is 0 Å². The van der Waals surface area contributed by atoms with Gasteiger partial charge in [-0.25, -0.2) is 0 Å². The maximum absolute atomic E-state index is 12.8. The lowest BCUT2D eigenvalue weighted by Gasteiger charge is -2.29. The first-order chi connectivity index (χ1) is 24.5. The van der Waals surface area contributed by atoms with Gasteiger partial charge in [-0.1, -0.05) is 132 Å². The fourth-order valence-electron chi connectivity index (χ4n) is 5.14. The molecule has 2 N–H and O–H groups in total. The van der Waals surface area contributed by atoms with Crippen LogP contribution in [0.15, 0.2) is 60.8 Å². The molecule has 0 saturated carbocycles. The summed E-state index contributed by atoms with van der Waals surface area (Å²) in [5.41, 5.74) is 0. The maximum Gasteiger partial charge on any atom is 0.268 e. The molecule has 0 bridgehead atoms. The van der Waals surface area contributed by atoms with Crippen molar-refractivity contribution in [2.24, 2.45) is 0 Å². The Morgan fingerprint density at radius 2 is 1.18 bits per heavy atom. The SMILES string of the molecule is CCCC/C=C/CC/C=C/CC/C=C/C(O)C(COP(=O)([O-])OCC[N+](C)(C)C)NC(=O)CCCCCCCCC/C=C\C/C=C\CCCCC. The van der Waals surface area contributed by atoms with Gasteiger partial charge in [0.25, 0.3) is 7.82 Å². The number of likely N-dealkylation sites (N-methyl/N-ethyl adjacent to an activating group) is 1. The van der Waals surface area contributed by atoms with Gasteiger partial charge in [0.1, 0.15) is 13.2 Å². The minimum absolute atomic E-state index is 0.0133. The molecule has 51 heavy (non-hydrogen) atoms. The number of unbranched alkanes of at least 4 members (excludes halogenated alkanes) is 14. The Kier molecular flexibility index (Phi) is 32.8. The Balaban J connectivity index is 4.55. The normalized spacial score (nSPS) is 15.2. The van der Waals surface area contributed by atoms with Crippen molar-refractivity contribution >= 4 is 13.7 Å². The van der Waals surface area contributed by atoms with E-state index in [1.807, 2.05) is 27.2 Å². The monoisotopic (exact) mass is 737 g/mol. The smallest absolute Gasteiger partial charge is 0.268 e. The predicted octanol–water partition coefficient (Wildman–Crippen LogP) is 10.1. The van der Waals surface area contributed by atoms with Gasteiger partial charge in [-0.05, 0) is 70.6 Å². The highest BCUT2D eigenvalue weighted by Crippen LogP contribution is 2.38. The number of nitrogens with one attached hydrogen (secondary N) is 1. The molecule has 3 unspecified atom stereocenters. The number of quaternary nitrogens is 1. The molecule has 0 spiro atoms. The van der Waals surface area contributed by atoms with Gasteiger partial charge >= 0.3 is 0 Å². The first-order valence-electron chi connectivity index (χ1n) is 20.2. The molecule has 0 heterocycles. The van der Waals surface area contributed by atoms with Crippen molar-refractivity contribution in [2.45, 2.75) is 161 Å². The van der Waals surface area contributed by atoms with E-state index < -0.39 is 26.6 Å². The summed E-state index contributed by atoms with van der Waals surface area (Å²) < 4.78 is 23.1. The second-order valence-corrected chi connectivity index (χ2v) is 16.0. The fourth-order valence-corrected chi connectivity index (χ4v) is 5.86. The highest BCUT2D eigenvalue weighted by molar-refractivity contribution is 7.45. The Morgan fingerprint density at radius 1 is 0.686 bits per heavy atom. The first kappa shape index (κ1) is 49.2. The van der Waals surface area contributed by atoms with Crippen molar-refractivity contribution in [3.8, 4) is 0 Å². The standard InChI is InChI=1S/C42H77N2O6P/c1-6-8-10-12-14-16-18-20-21-22-23-24-26-28-30-32-34-36-42(46)43-40(39-50-51(47,48)49-38-37-44(3,4)5)41(45)35-33-31-29-27-25-19-17-15-13-11-9-7-2/h13-16,20-21,25,27,33,35,40-41,45H,6-12,17-19,22-24,26,28-32,34,36-39H2,1-5H3,(H-,43,46,47,48)/b15-13+,16-14-,21-20-,27-25+,35-33+. The molecule has 1 amide bonds. The lowest BCUT2D eigenvalue weighted by Crippen LogP contribution is -2.45. The van der Waals surface area contributed by atoms with Crippen molar-refractivity contribution in [1.82, 2.24) is 5.32 Å². The molecule has 0 saturated heterocycles. The number of allylic oxidation sites excluding steroid dienone is 9. The number of carbonyl (C=O) groups is 1. The molecule has 0 aromatic rings. The minimum atomic E-state index is -4.60. The number of phosphoric acid groups is 1. The number of rotatable bonds is 35. The van der Waals surface area contributed by atoms with Gasteiger partial charge in [-0.15, -0.1) is 0 Å². The summed E-state index contributed by atoms with van der Waals surface area (Å²) in [4.78, 5) is 25.2. The van der Waals surface area contributed by atoms with E-state index in [2.05, 4.69) is 67.8 Å². The van der Waals surface area contributed by atoms with Gasteiger partial charge < -0.3 is 28.8 Å². The van der Waals surface area contributed by atoms with Crippen LogP contribution < -0.4 is 10.2 Å². The van der Waals surface area contributed by atoms with Crippen LogP contribution in [-0.4, -0.2) is 68.5 Å². The summed E-state index contributed by atoms with van der Waals surface area (Å²) in [6.07, 6.45) is 42.6. The molecule has 0 fully saturated rings. The molecule has 296 valence electrons. The molecule has 0 aliphatic heterocycles. The van der Waals surface area contributed by atoms with E-state index in [4.69, 9.17) is 9.05 Å². The third-order valence-electron chi connectivity index (χ3n) is 8.43. The van der Waals surface area contributed by atoms with Gasteiger partial charge in [0.15, 0.2) is 0 Å². The summed E-state index contributed by atoms with van der Waals surface area (Å²) in [5.74, 6) is -0.225. The van der Waals surface area contributed by atoms with Crippen LogP contribution in [0.1, 0.15) is 149 Å². The minimum Gasteiger partial charge on any atom is -0.756 e. The zero-order valence-electron chi connectivity index (χ0n) is 33.3. The lowest BCUT2D eigenvalue weighted by atomic mass is 10.1. The highest BCUT2D eigenvalue weighted by Gasteiger charge is 2.23. The summed E-state index contributed by atoms with van der Waals surface area (Å²) in [6, 6.07) is -0.913. The van der Waals surface area contributed by atoms with Gasteiger partial charge in [0.05, 0.1) is 39.9 Å². The van der Waals surface area contributed by atoms with Gasteiger partial charge in [-0.2, -0.15) is 0 Å². The summed E-state index contributed by atoms with van der Waals surface area (Å²) in [5, 5.41) is 13.7. The molecule has 0 aliphatic rings. The van der Waals surface area contributed by atoms with E-state index in [-0.39, 0.29) is 12.5 Å². The topological polar surface area (TPSA) is 108 Å². The fraction of sp³-hybridized carbons (Fsp3) is 0.738. The molecule has 0 rings (SSSR count). The van der Waals surface area contributed by atoms with Crippen molar-refractivity contribution in [3.05, 3.63) is 60.8 Å². The molecule has 0 aliphatic carbocycles. The number of phosphoric ester groups is 1. The number of nitrogens with zero attached hydrogens (tertiary/aromatic N) is 1. The molecule has 8 nitrogen and oxygen atoms in total. The maximum atomic E-state index is 12.8. The van der Waals surface area contributed by atoms with Crippen molar-refractivity contribution in [1.29, 1.82) is 0 Å². The second-order valence-electron chi connectivity index (χ2n) is 14.6. The van der Waals surface area contributed by atoms with E-state index >= 15 is 0 Å². The molecular formula is C42H77N2O6P. The number of aliphatic hydroxyl groups excluding tert-OH is 1. The highest BCUT2D eigenvalue weighted by atomic mass is 31.2. The van der Waals surface area contributed by atoms with Crippen LogP contribution in [0.4, 0.5) is 0 Å². The van der Waals surface area contributed by atoms with Crippen LogP contribution in [0.5, 0.6) is 0 Å². The largest absolute Gasteiger partial charge is 0.756 e. The number of hydrogen-bond donors (Lipinski definition) is 2. The van der Waals surface area contributed by atoms with Crippen molar-refractivity contribution in [2.75, 3.05) is 40.9 Å². The number of hydrogen-bond acceptors (Lipinski definition) is 6. The molecule has 9 heteroatoms. The zero-order chi connectivity index (χ0) is 37.9. The third-order valence-corrected chi connectivity index (χ3v) is 9.39. The van der Waals surface area contributed by atoms with E-state index in [1.165, 1.54) is 57.8 Å². The van der Waals surface area contributed by atoms with E-state index in [0.29, 0.717) is 17.4 Å². The average molecular weight is 737 g/mol. The Bertz CT molecular complexity index is 1020. The first-order valence-corrected chi connectivity index (χ1v) is 21.6. The zero-order valence-corrected chi connectivity index (χ0v) is 34.2.